The normalized spacial score (nSPS) is 11.5. The van der Waals surface area contributed by atoms with Crippen LogP contribution in [0.25, 0.3) is 0 Å². The molecule has 1 aromatic heterocycles. The summed E-state index contributed by atoms with van der Waals surface area (Å²) in [6.45, 7) is 9.42. The molecule has 1 amide bonds. The van der Waals surface area contributed by atoms with Gasteiger partial charge in [0.25, 0.3) is 0 Å². The van der Waals surface area contributed by atoms with Crippen molar-refractivity contribution in [3.8, 4) is 0 Å². The predicted molar refractivity (Wildman–Crippen MR) is 71.1 cm³/mol. The molecule has 0 unspecified atom stereocenters. The lowest BCUT2D eigenvalue weighted by Gasteiger charge is -2.20. The largest absolute Gasteiger partial charge is 0.351 e. The van der Waals surface area contributed by atoms with Gasteiger partial charge in [-0.15, -0.1) is 11.3 Å². The first-order chi connectivity index (χ1) is 7.87. The van der Waals surface area contributed by atoms with Crippen molar-refractivity contribution in [3.05, 3.63) is 16.1 Å². The maximum absolute atomic E-state index is 11.5. The number of aryl methyl sites for hydroxylation is 1. The molecule has 0 radical (unpaired) electrons. The molecule has 0 spiro atoms. The number of rotatable bonds is 5. The fraction of sp³-hybridized carbons (Fsp3) is 0.667. The second-order valence-corrected chi connectivity index (χ2v) is 6.39. The second-order valence-electron chi connectivity index (χ2n) is 5.07. The fourth-order valence-corrected chi connectivity index (χ4v) is 2.15. The first-order valence-electron chi connectivity index (χ1n) is 5.80. The van der Waals surface area contributed by atoms with E-state index in [1.54, 1.807) is 11.3 Å². The van der Waals surface area contributed by atoms with Crippen LogP contribution in [0.5, 0.6) is 0 Å². The van der Waals surface area contributed by atoms with E-state index in [0.717, 1.165) is 11.6 Å². The molecular formula is C12H21N3OS. The average Bonchev–Trinajstić information content (AvgIpc) is 2.56. The second kappa shape index (κ2) is 6.12. The highest BCUT2D eigenvalue weighted by molar-refractivity contribution is 7.11. The highest BCUT2D eigenvalue weighted by Gasteiger charge is 2.12. The third kappa shape index (κ3) is 6.38. The minimum Gasteiger partial charge on any atom is -0.351 e. The molecule has 2 N–H and O–H groups in total. The van der Waals surface area contributed by atoms with Gasteiger partial charge in [-0.3, -0.25) is 4.79 Å². The number of carbonyl (C=O) groups excluding carboxylic acids is 1. The van der Waals surface area contributed by atoms with Crippen molar-refractivity contribution in [2.24, 2.45) is 0 Å². The van der Waals surface area contributed by atoms with E-state index < -0.39 is 0 Å². The number of aromatic nitrogens is 1. The summed E-state index contributed by atoms with van der Waals surface area (Å²) in [6.07, 6.45) is 2.39. The molecule has 4 nitrogen and oxygen atoms in total. The summed E-state index contributed by atoms with van der Waals surface area (Å²) < 4.78 is 0. The Hall–Kier alpha value is -0.940. The van der Waals surface area contributed by atoms with E-state index in [0.29, 0.717) is 13.0 Å². The van der Waals surface area contributed by atoms with Gasteiger partial charge in [0.15, 0.2) is 0 Å². The number of amides is 1. The lowest BCUT2D eigenvalue weighted by atomic mass is 10.1. The molecule has 0 aromatic carbocycles. The lowest BCUT2D eigenvalue weighted by molar-refractivity contribution is -0.122. The standard InChI is InChI=1S/C12H21N3OS/c1-9-14-8-10(17-9)7-13-6-5-11(16)15-12(2,3)4/h8,13H,5-7H2,1-4H3,(H,15,16). The van der Waals surface area contributed by atoms with Crippen molar-refractivity contribution >= 4 is 17.2 Å². The van der Waals surface area contributed by atoms with Gasteiger partial charge < -0.3 is 10.6 Å². The number of hydrogen-bond donors (Lipinski definition) is 2. The molecule has 0 aliphatic rings. The first-order valence-corrected chi connectivity index (χ1v) is 6.61. The zero-order valence-corrected chi connectivity index (χ0v) is 11.8. The molecule has 1 heterocycles. The molecule has 0 aliphatic heterocycles. The van der Waals surface area contributed by atoms with Gasteiger partial charge in [0.2, 0.25) is 5.91 Å². The zero-order chi connectivity index (χ0) is 12.9. The van der Waals surface area contributed by atoms with E-state index in [4.69, 9.17) is 0 Å². The van der Waals surface area contributed by atoms with Crippen LogP contribution in [-0.4, -0.2) is 23.0 Å². The molecule has 96 valence electrons. The van der Waals surface area contributed by atoms with Crippen LogP contribution in [-0.2, 0) is 11.3 Å². The Morgan fingerprint density at radius 3 is 2.71 bits per heavy atom. The van der Waals surface area contributed by atoms with Crippen LogP contribution in [0.1, 0.15) is 37.1 Å². The molecule has 5 heteroatoms. The van der Waals surface area contributed by atoms with Gasteiger partial charge in [-0.05, 0) is 27.7 Å². The van der Waals surface area contributed by atoms with Crippen molar-refractivity contribution in [2.45, 2.75) is 46.2 Å². The van der Waals surface area contributed by atoms with E-state index in [-0.39, 0.29) is 11.4 Å². The summed E-state index contributed by atoms with van der Waals surface area (Å²) in [4.78, 5) is 16.9. The first kappa shape index (κ1) is 14.1. The Balaban J connectivity index is 2.14. The molecule has 0 bridgehead atoms. The maximum atomic E-state index is 11.5. The summed E-state index contributed by atoms with van der Waals surface area (Å²) in [5.41, 5.74) is -0.147. The summed E-state index contributed by atoms with van der Waals surface area (Å²) >= 11 is 1.68. The maximum Gasteiger partial charge on any atom is 0.221 e. The van der Waals surface area contributed by atoms with Crippen molar-refractivity contribution < 1.29 is 4.79 Å². The predicted octanol–water partition coefficient (Wildman–Crippen LogP) is 1.85. The minimum absolute atomic E-state index is 0.0884. The number of carbonyl (C=O) groups is 1. The third-order valence-corrected chi connectivity index (χ3v) is 2.92. The number of nitrogens with one attached hydrogen (secondary N) is 2. The lowest BCUT2D eigenvalue weighted by Crippen LogP contribution is -2.41. The van der Waals surface area contributed by atoms with E-state index in [1.807, 2.05) is 33.9 Å². The van der Waals surface area contributed by atoms with Crippen LogP contribution >= 0.6 is 11.3 Å². The van der Waals surface area contributed by atoms with Crippen molar-refractivity contribution in [3.63, 3.8) is 0 Å². The van der Waals surface area contributed by atoms with Crippen molar-refractivity contribution in [1.29, 1.82) is 0 Å². The van der Waals surface area contributed by atoms with Gasteiger partial charge in [-0.1, -0.05) is 0 Å². The van der Waals surface area contributed by atoms with Crippen LogP contribution in [0, 0.1) is 6.92 Å². The third-order valence-electron chi connectivity index (χ3n) is 2.01. The quantitative estimate of drug-likeness (QED) is 0.789. The van der Waals surface area contributed by atoms with Gasteiger partial charge in [0.1, 0.15) is 0 Å². The fourth-order valence-electron chi connectivity index (χ4n) is 1.38. The van der Waals surface area contributed by atoms with E-state index in [1.165, 1.54) is 4.88 Å². The average molecular weight is 255 g/mol. The Bertz CT molecular complexity index is 368. The highest BCUT2D eigenvalue weighted by atomic mass is 32.1. The zero-order valence-electron chi connectivity index (χ0n) is 11.0. The SMILES string of the molecule is Cc1ncc(CNCCC(=O)NC(C)(C)C)s1. The van der Waals surface area contributed by atoms with Crippen LogP contribution < -0.4 is 10.6 Å². The van der Waals surface area contributed by atoms with Gasteiger partial charge in [-0.25, -0.2) is 4.98 Å². The van der Waals surface area contributed by atoms with Crippen LogP contribution in [0.15, 0.2) is 6.20 Å². The van der Waals surface area contributed by atoms with Crippen LogP contribution in [0.3, 0.4) is 0 Å². The summed E-state index contributed by atoms with van der Waals surface area (Å²) in [5, 5.41) is 7.25. The minimum atomic E-state index is -0.147. The van der Waals surface area contributed by atoms with Gasteiger partial charge in [0.05, 0.1) is 5.01 Å². The molecular weight excluding hydrogens is 234 g/mol. The highest BCUT2D eigenvalue weighted by Crippen LogP contribution is 2.10. The molecule has 1 aromatic rings. The molecule has 1 rings (SSSR count). The van der Waals surface area contributed by atoms with Crippen LogP contribution in [0.4, 0.5) is 0 Å². The molecule has 0 saturated carbocycles. The van der Waals surface area contributed by atoms with Crippen LogP contribution in [0.2, 0.25) is 0 Å². The van der Waals surface area contributed by atoms with Gasteiger partial charge >= 0.3 is 0 Å². The Morgan fingerprint density at radius 1 is 1.47 bits per heavy atom. The summed E-state index contributed by atoms with van der Waals surface area (Å²) in [5.74, 6) is 0.0884. The number of thiazole rings is 1. The molecule has 0 saturated heterocycles. The Kier molecular flexibility index (Phi) is 5.08. The summed E-state index contributed by atoms with van der Waals surface area (Å²) in [6, 6.07) is 0. The van der Waals surface area contributed by atoms with E-state index >= 15 is 0 Å². The summed E-state index contributed by atoms with van der Waals surface area (Å²) in [7, 11) is 0. The van der Waals surface area contributed by atoms with Gasteiger partial charge in [-0.2, -0.15) is 0 Å². The van der Waals surface area contributed by atoms with Gasteiger partial charge in [0, 0.05) is 36.1 Å². The Morgan fingerprint density at radius 2 is 2.18 bits per heavy atom. The smallest absolute Gasteiger partial charge is 0.221 e. The van der Waals surface area contributed by atoms with E-state index in [9.17, 15) is 4.79 Å². The van der Waals surface area contributed by atoms with Crippen molar-refractivity contribution in [1.82, 2.24) is 15.6 Å². The topological polar surface area (TPSA) is 54.0 Å². The Labute approximate surface area is 107 Å². The van der Waals surface area contributed by atoms with Crippen molar-refractivity contribution in [2.75, 3.05) is 6.54 Å². The van der Waals surface area contributed by atoms with E-state index in [2.05, 4.69) is 15.6 Å². The molecule has 0 fully saturated rings. The molecule has 0 aliphatic carbocycles. The molecule has 17 heavy (non-hydrogen) atoms. The molecule has 0 atom stereocenters. The number of hydrogen-bond acceptors (Lipinski definition) is 4. The number of nitrogens with zero attached hydrogens (tertiary/aromatic N) is 1. The monoisotopic (exact) mass is 255 g/mol.